The van der Waals surface area contributed by atoms with Crippen molar-refractivity contribution in [1.82, 2.24) is 0 Å². The van der Waals surface area contributed by atoms with Crippen LogP contribution in [0.15, 0.2) is 12.2 Å². The van der Waals surface area contributed by atoms with E-state index < -0.39 is 20.7 Å². The first-order chi connectivity index (χ1) is 10.5. The van der Waals surface area contributed by atoms with E-state index in [2.05, 4.69) is 39.8 Å². The van der Waals surface area contributed by atoms with Gasteiger partial charge in [-0.3, -0.25) is 0 Å². The standard InChI is InChI=1S/C18H32O4Si/c1-9-15(19)14-10-11-17(21-13(2)3)22-16(14)12-20-23(7,8)18(4,5)6/h1,10-11,13-17,19H,12H2,2-8H3/t14-,15+,16-,17+/m1/s1. The molecule has 1 aliphatic heterocycles. The van der Waals surface area contributed by atoms with Crippen LogP contribution in [0.1, 0.15) is 34.6 Å². The fourth-order valence-electron chi connectivity index (χ4n) is 2.07. The maximum atomic E-state index is 10.1. The van der Waals surface area contributed by atoms with E-state index in [9.17, 15) is 5.11 Å². The topological polar surface area (TPSA) is 47.9 Å². The van der Waals surface area contributed by atoms with E-state index in [4.69, 9.17) is 20.3 Å². The first kappa shape index (κ1) is 20.4. The minimum atomic E-state index is -1.90. The highest BCUT2D eigenvalue weighted by atomic mass is 28.4. The van der Waals surface area contributed by atoms with Gasteiger partial charge in [0.2, 0.25) is 0 Å². The first-order valence-corrected chi connectivity index (χ1v) is 11.2. The van der Waals surface area contributed by atoms with Gasteiger partial charge in [-0.05, 0) is 38.1 Å². The average molecular weight is 341 g/mol. The Morgan fingerprint density at radius 2 is 1.91 bits per heavy atom. The van der Waals surface area contributed by atoms with Crippen LogP contribution >= 0.6 is 0 Å². The van der Waals surface area contributed by atoms with Crippen LogP contribution in [0.5, 0.6) is 0 Å². The van der Waals surface area contributed by atoms with Gasteiger partial charge in [0, 0.05) is 5.92 Å². The van der Waals surface area contributed by atoms with Gasteiger partial charge in [-0.2, -0.15) is 0 Å². The van der Waals surface area contributed by atoms with Crippen molar-refractivity contribution in [2.45, 2.75) is 77.4 Å². The van der Waals surface area contributed by atoms with Crippen molar-refractivity contribution in [3.63, 3.8) is 0 Å². The Labute approximate surface area is 142 Å². The Bertz CT molecular complexity index is 445. The molecule has 0 saturated carbocycles. The lowest BCUT2D eigenvalue weighted by Crippen LogP contribution is -2.47. The number of terminal acetylenes is 1. The summed E-state index contributed by atoms with van der Waals surface area (Å²) in [7, 11) is -1.90. The van der Waals surface area contributed by atoms with Gasteiger partial charge >= 0.3 is 0 Å². The summed E-state index contributed by atoms with van der Waals surface area (Å²) in [6.07, 6.45) is 7.51. The molecule has 5 heteroatoms. The highest BCUT2D eigenvalue weighted by Crippen LogP contribution is 2.37. The Hall–Kier alpha value is -0.643. The first-order valence-electron chi connectivity index (χ1n) is 8.25. The summed E-state index contributed by atoms with van der Waals surface area (Å²) in [6.45, 7) is 15.3. The average Bonchev–Trinajstić information content (AvgIpc) is 2.42. The van der Waals surface area contributed by atoms with Crippen LogP contribution in [-0.2, 0) is 13.9 Å². The van der Waals surface area contributed by atoms with Crippen LogP contribution in [0, 0.1) is 18.3 Å². The van der Waals surface area contributed by atoms with Gasteiger partial charge in [0.1, 0.15) is 6.10 Å². The Morgan fingerprint density at radius 1 is 1.30 bits per heavy atom. The smallest absolute Gasteiger partial charge is 0.192 e. The summed E-state index contributed by atoms with van der Waals surface area (Å²) in [4.78, 5) is 0. The molecular weight excluding hydrogens is 308 g/mol. The monoisotopic (exact) mass is 340 g/mol. The van der Waals surface area contributed by atoms with Crippen LogP contribution in [0.4, 0.5) is 0 Å². The molecule has 0 bridgehead atoms. The number of hydrogen-bond donors (Lipinski definition) is 1. The van der Waals surface area contributed by atoms with E-state index in [0.717, 1.165) is 0 Å². The lowest BCUT2D eigenvalue weighted by Gasteiger charge is -2.40. The molecule has 0 amide bonds. The number of hydrogen-bond acceptors (Lipinski definition) is 4. The van der Waals surface area contributed by atoms with Crippen molar-refractivity contribution >= 4 is 8.32 Å². The van der Waals surface area contributed by atoms with Crippen LogP contribution in [0.25, 0.3) is 0 Å². The zero-order valence-electron chi connectivity index (χ0n) is 15.5. The summed E-state index contributed by atoms with van der Waals surface area (Å²) >= 11 is 0. The molecule has 0 unspecified atom stereocenters. The number of aliphatic hydroxyl groups excluding tert-OH is 1. The minimum Gasteiger partial charge on any atom is -0.414 e. The van der Waals surface area contributed by atoms with Crippen molar-refractivity contribution in [3.8, 4) is 12.3 Å². The Morgan fingerprint density at radius 3 is 2.39 bits per heavy atom. The Kier molecular flexibility index (Phi) is 7.06. The molecule has 1 aliphatic rings. The molecule has 0 aliphatic carbocycles. The van der Waals surface area contributed by atoms with Crippen LogP contribution < -0.4 is 0 Å². The zero-order valence-corrected chi connectivity index (χ0v) is 16.5. The summed E-state index contributed by atoms with van der Waals surface area (Å²) in [5.41, 5.74) is 0. The predicted octanol–water partition coefficient (Wildman–Crippen LogP) is 3.32. The molecule has 4 nitrogen and oxygen atoms in total. The van der Waals surface area contributed by atoms with Crippen molar-refractivity contribution < 1.29 is 19.0 Å². The van der Waals surface area contributed by atoms with Gasteiger partial charge in [0.05, 0.1) is 18.8 Å². The van der Waals surface area contributed by atoms with Gasteiger partial charge in [0.25, 0.3) is 0 Å². The highest BCUT2D eigenvalue weighted by Gasteiger charge is 2.40. The molecular formula is C18H32O4Si. The van der Waals surface area contributed by atoms with Gasteiger partial charge in [-0.15, -0.1) is 6.42 Å². The maximum absolute atomic E-state index is 10.1. The third-order valence-electron chi connectivity index (χ3n) is 4.58. The van der Waals surface area contributed by atoms with Crippen LogP contribution in [0.3, 0.4) is 0 Å². The molecule has 0 aromatic rings. The van der Waals surface area contributed by atoms with Crippen molar-refractivity contribution in [3.05, 3.63) is 12.2 Å². The van der Waals surface area contributed by atoms with Crippen LogP contribution in [-0.4, -0.2) is 44.6 Å². The van der Waals surface area contributed by atoms with Crippen LogP contribution in [0.2, 0.25) is 18.1 Å². The number of aliphatic hydroxyl groups is 1. The lowest BCUT2D eigenvalue weighted by atomic mass is 9.94. The molecule has 0 fully saturated rings. The summed E-state index contributed by atoms with van der Waals surface area (Å²) in [6, 6.07) is 0. The molecule has 0 saturated heterocycles. The normalized spacial score (nSPS) is 27.0. The number of rotatable bonds is 6. The van der Waals surface area contributed by atoms with E-state index in [1.54, 1.807) is 0 Å². The minimum absolute atomic E-state index is 0.0562. The molecule has 0 spiro atoms. The summed E-state index contributed by atoms with van der Waals surface area (Å²) in [5, 5.41) is 10.2. The van der Waals surface area contributed by atoms with Crippen molar-refractivity contribution in [1.29, 1.82) is 0 Å². The zero-order chi connectivity index (χ0) is 17.8. The molecule has 0 aromatic heterocycles. The van der Waals surface area contributed by atoms with Crippen molar-refractivity contribution in [2.24, 2.45) is 5.92 Å². The third-order valence-corrected chi connectivity index (χ3v) is 9.09. The third kappa shape index (κ3) is 5.73. The van der Waals surface area contributed by atoms with Gasteiger partial charge < -0.3 is 19.0 Å². The second-order valence-corrected chi connectivity index (χ2v) is 12.7. The largest absolute Gasteiger partial charge is 0.414 e. The highest BCUT2D eigenvalue weighted by molar-refractivity contribution is 6.74. The Balaban J connectivity index is 2.82. The lowest BCUT2D eigenvalue weighted by molar-refractivity contribution is -0.188. The molecule has 0 aromatic carbocycles. The maximum Gasteiger partial charge on any atom is 0.192 e. The second-order valence-electron chi connectivity index (χ2n) is 7.87. The molecule has 1 N–H and O–H groups in total. The van der Waals surface area contributed by atoms with Gasteiger partial charge in [-0.25, -0.2) is 0 Å². The molecule has 4 atom stereocenters. The predicted molar refractivity (Wildman–Crippen MR) is 95.5 cm³/mol. The molecule has 1 heterocycles. The molecule has 0 radical (unpaired) electrons. The fraction of sp³-hybridized carbons (Fsp3) is 0.778. The van der Waals surface area contributed by atoms with Gasteiger partial charge in [0.15, 0.2) is 14.6 Å². The fourth-order valence-corrected chi connectivity index (χ4v) is 3.09. The molecule has 132 valence electrons. The quantitative estimate of drug-likeness (QED) is 0.458. The number of ether oxygens (including phenoxy) is 2. The molecule has 23 heavy (non-hydrogen) atoms. The van der Waals surface area contributed by atoms with E-state index in [0.29, 0.717) is 6.61 Å². The summed E-state index contributed by atoms with van der Waals surface area (Å²) < 4.78 is 17.9. The van der Waals surface area contributed by atoms with E-state index >= 15 is 0 Å². The van der Waals surface area contributed by atoms with E-state index in [-0.39, 0.29) is 23.2 Å². The van der Waals surface area contributed by atoms with E-state index in [1.807, 2.05) is 26.0 Å². The SMILES string of the molecule is C#C[C@H](O)[C@H]1C=C[C@@H](OC(C)C)O[C@@H]1CO[Si](C)(C)C(C)(C)C. The molecule has 1 rings (SSSR count). The van der Waals surface area contributed by atoms with Gasteiger partial charge in [-0.1, -0.05) is 32.8 Å². The van der Waals surface area contributed by atoms with Crippen molar-refractivity contribution in [2.75, 3.05) is 6.61 Å². The second kappa shape index (κ2) is 7.95. The van der Waals surface area contributed by atoms with E-state index in [1.165, 1.54) is 0 Å². The summed E-state index contributed by atoms with van der Waals surface area (Å²) in [5.74, 6) is 2.11.